The maximum Gasteiger partial charge on any atom is 0.412 e. The molecule has 0 saturated carbocycles. The molecular formula is C31H28F3N3O8. The van der Waals surface area contributed by atoms with Crippen LogP contribution in [0.4, 0.5) is 23.7 Å². The van der Waals surface area contributed by atoms with Crippen LogP contribution in [0, 0.1) is 17.5 Å². The fourth-order valence-electron chi connectivity index (χ4n) is 4.83. The van der Waals surface area contributed by atoms with Crippen molar-refractivity contribution in [3.63, 3.8) is 0 Å². The summed E-state index contributed by atoms with van der Waals surface area (Å²) in [6, 6.07) is 8.26. The Morgan fingerprint density at radius 2 is 1.84 bits per heavy atom. The molecule has 236 valence electrons. The van der Waals surface area contributed by atoms with E-state index in [-0.39, 0.29) is 60.1 Å². The molecule has 11 nitrogen and oxygen atoms in total. The van der Waals surface area contributed by atoms with E-state index in [0.29, 0.717) is 11.6 Å². The van der Waals surface area contributed by atoms with Crippen LogP contribution in [0.3, 0.4) is 0 Å². The number of nitrogens with zero attached hydrogens (tertiary/aromatic N) is 1. The molecule has 1 atom stereocenters. The van der Waals surface area contributed by atoms with Gasteiger partial charge in [-0.3, -0.25) is 25.0 Å². The molecule has 1 unspecified atom stereocenters. The highest BCUT2D eigenvalue weighted by Crippen LogP contribution is 2.37. The third-order valence-corrected chi connectivity index (χ3v) is 6.95. The summed E-state index contributed by atoms with van der Waals surface area (Å²) in [6.45, 7) is 2.43. The van der Waals surface area contributed by atoms with E-state index < -0.39 is 59.5 Å². The van der Waals surface area contributed by atoms with Crippen molar-refractivity contribution < 1.29 is 51.7 Å². The highest BCUT2D eigenvalue weighted by Gasteiger charge is 2.41. The van der Waals surface area contributed by atoms with E-state index in [1.165, 1.54) is 24.8 Å². The third-order valence-electron chi connectivity index (χ3n) is 6.95. The number of rotatable bonds is 9. The smallest absolute Gasteiger partial charge is 0.412 e. The average molecular weight is 628 g/mol. The van der Waals surface area contributed by atoms with E-state index in [1.54, 1.807) is 12.1 Å². The number of anilines is 1. The van der Waals surface area contributed by atoms with Gasteiger partial charge in [0.2, 0.25) is 11.8 Å². The van der Waals surface area contributed by atoms with Gasteiger partial charge >= 0.3 is 6.09 Å². The van der Waals surface area contributed by atoms with Gasteiger partial charge in [0.1, 0.15) is 36.6 Å². The van der Waals surface area contributed by atoms with Gasteiger partial charge in [-0.25, -0.2) is 18.0 Å². The average Bonchev–Trinajstić information content (AvgIpc) is 3.29. The molecule has 1 saturated heterocycles. The lowest BCUT2D eigenvalue weighted by Gasteiger charge is -2.29. The van der Waals surface area contributed by atoms with Crippen molar-refractivity contribution in [1.29, 1.82) is 0 Å². The molecule has 0 aromatic heterocycles. The van der Waals surface area contributed by atoms with Crippen LogP contribution in [0.15, 0.2) is 48.5 Å². The highest BCUT2D eigenvalue weighted by atomic mass is 19.1. The lowest BCUT2D eigenvalue weighted by atomic mass is 10.0. The summed E-state index contributed by atoms with van der Waals surface area (Å²) in [7, 11) is 0. The first-order valence-electron chi connectivity index (χ1n) is 13.8. The normalized spacial score (nSPS) is 16.3. The summed E-state index contributed by atoms with van der Waals surface area (Å²) < 4.78 is 58.1. The Kier molecular flexibility index (Phi) is 8.68. The number of carbonyl (C=O) groups is 4. The maximum atomic E-state index is 14.7. The number of piperidine rings is 1. The summed E-state index contributed by atoms with van der Waals surface area (Å²) in [5, 5.41) is 14.7. The molecule has 2 aliphatic heterocycles. The van der Waals surface area contributed by atoms with Crippen LogP contribution in [0.1, 0.15) is 48.2 Å². The second-order valence-corrected chi connectivity index (χ2v) is 11.1. The minimum absolute atomic E-state index is 0.0444. The molecule has 0 aliphatic carbocycles. The maximum absolute atomic E-state index is 14.7. The van der Waals surface area contributed by atoms with Crippen LogP contribution in [0.25, 0.3) is 0 Å². The van der Waals surface area contributed by atoms with Crippen LogP contribution in [0.2, 0.25) is 0 Å². The summed E-state index contributed by atoms with van der Waals surface area (Å²) in [4.78, 5) is 51.5. The van der Waals surface area contributed by atoms with Gasteiger partial charge in [0.25, 0.3) is 5.91 Å². The van der Waals surface area contributed by atoms with Crippen molar-refractivity contribution in [2.45, 2.75) is 51.5 Å². The molecule has 3 aromatic rings. The Labute approximate surface area is 254 Å². The summed E-state index contributed by atoms with van der Waals surface area (Å²) in [6.07, 6.45) is -0.819. The zero-order valence-electron chi connectivity index (χ0n) is 24.1. The second-order valence-electron chi connectivity index (χ2n) is 11.1. The first-order valence-corrected chi connectivity index (χ1v) is 13.8. The number of hydrogen-bond acceptors (Lipinski definition) is 8. The molecule has 0 radical (unpaired) electrons. The van der Waals surface area contributed by atoms with Gasteiger partial charge in [-0.05, 0) is 50.1 Å². The van der Waals surface area contributed by atoms with Crippen molar-refractivity contribution >= 4 is 29.5 Å². The molecular weight excluding hydrogens is 599 g/mol. The number of imide groups is 1. The van der Waals surface area contributed by atoms with Crippen molar-refractivity contribution in [3.05, 3.63) is 82.7 Å². The van der Waals surface area contributed by atoms with Gasteiger partial charge in [-0.2, -0.15) is 0 Å². The number of benzene rings is 3. The van der Waals surface area contributed by atoms with Crippen molar-refractivity contribution in [2.24, 2.45) is 0 Å². The lowest BCUT2D eigenvalue weighted by molar-refractivity contribution is -0.136. The molecule has 3 aromatic carbocycles. The Bertz CT molecular complexity index is 1690. The van der Waals surface area contributed by atoms with Crippen molar-refractivity contribution in [3.8, 4) is 17.2 Å². The Morgan fingerprint density at radius 1 is 1.07 bits per heavy atom. The fraction of sp³-hybridized carbons (Fsp3) is 0.290. The van der Waals surface area contributed by atoms with Gasteiger partial charge in [0.05, 0.1) is 16.9 Å². The van der Waals surface area contributed by atoms with Gasteiger partial charge in [0, 0.05) is 30.7 Å². The SMILES string of the molecule is CC(C)(O)COc1c(COC(=O)Nc2ccc(Oc3ccc(F)cc3F)cc2F)ccc2c1C(=O)N(C1CCC(=O)NC1=O)C2. The predicted octanol–water partition coefficient (Wildman–Crippen LogP) is 4.56. The lowest BCUT2D eigenvalue weighted by Crippen LogP contribution is -2.52. The number of aliphatic hydroxyl groups is 1. The number of fused-ring (bicyclic) bond motifs is 1. The van der Waals surface area contributed by atoms with E-state index in [0.717, 1.165) is 24.3 Å². The van der Waals surface area contributed by atoms with Crippen LogP contribution in [-0.4, -0.2) is 52.1 Å². The monoisotopic (exact) mass is 627 g/mol. The van der Waals surface area contributed by atoms with Crippen LogP contribution >= 0.6 is 0 Å². The molecule has 4 amide bonds. The predicted molar refractivity (Wildman–Crippen MR) is 151 cm³/mol. The number of ether oxygens (including phenoxy) is 3. The van der Waals surface area contributed by atoms with Gasteiger partial charge < -0.3 is 24.2 Å². The van der Waals surface area contributed by atoms with E-state index >= 15 is 0 Å². The Hall–Kier alpha value is -5.11. The zero-order valence-corrected chi connectivity index (χ0v) is 24.1. The van der Waals surface area contributed by atoms with Gasteiger partial charge in [0.15, 0.2) is 17.4 Å². The highest BCUT2D eigenvalue weighted by molar-refractivity contribution is 6.06. The standard InChI is InChI=1S/C31H28F3N3O8/c1-31(2,42)15-44-27-17(4-3-16-13-37(29(40)26(16)27)23-8-10-25(38)36-28(23)39)14-43-30(41)35-22-7-6-19(12-20(22)33)45-24-9-5-18(32)11-21(24)34/h3-7,9,11-12,23,42H,8,10,13-15H2,1-2H3,(H,35,41)(H,36,38,39). The molecule has 14 heteroatoms. The first kappa shape index (κ1) is 31.3. The summed E-state index contributed by atoms with van der Waals surface area (Å²) in [5.74, 6) is -4.64. The topological polar surface area (TPSA) is 144 Å². The molecule has 3 N–H and O–H groups in total. The minimum Gasteiger partial charge on any atom is -0.489 e. The number of halogens is 3. The Balaban J connectivity index is 1.29. The zero-order chi connectivity index (χ0) is 32.5. The van der Waals surface area contributed by atoms with Crippen LogP contribution in [0.5, 0.6) is 17.2 Å². The first-order chi connectivity index (χ1) is 21.3. The molecule has 5 rings (SSSR count). The largest absolute Gasteiger partial charge is 0.489 e. The number of amides is 4. The van der Waals surface area contributed by atoms with E-state index in [4.69, 9.17) is 14.2 Å². The van der Waals surface area contributed by atoms with E-state index in [9.17, 15) is 37.5 Å². The van der Waals surface area contributed by atoms with E-state index in [2.05, 4.69) is 10.6 Å². The fourth-order valence-corrected chi connectivity index (χ4v) is 4.83. The molecule has 0 spiro atoms. The second kappa shape index (κ2) is 12.5. The minimum atomic E-state index is -1.29. The van der Waals surface area contributed by atoms with Gasteiger partial charge in [-0.1, -0.05) is 12.1 Å². The van der Waals surface area contributed by atoms with Gasteiger partial charge in [-0.15, -0.1) is 0 Å². The molecule has 0 bridgehead atoms. The number of nitrogens with one attached hydrogen (secondary N) is 2. The summed E-state index contributed by atoms with van der Waals surface area (Å²) >= 11 is 0. The van der Waals surface area contributed by atoms with Crippen LogP contribution in [-0.2, 0) is 27.5 Å². The Morgan fingerprint density at radius 3 is 2.53 bits per heavy atom. The van der Waals surface area contributed by atoms with E-state index in [1.807, 2.05) is 0 Å². The van der Waals surface area contributed by atoms with Crippen molar-refractivity contribution in [1.82, 2.24) is 10.2 Å². The number of carbonyl (C=O) groups excluding carboxylic acids is 4. The molecule has 1 fully saturated rings. The number of hydrogen-bond donors (Lipinski definition) is 3. The molecule has 2 aliphatic rings. The molecule has 2 heterocycles. The van der Waals surface area contributed by atoms with Crippen molar-refractivity contribution in [2.75, 3.05) is 11.9 Å². The third kappa shape index (κ3) is 7.17. The van der Waals surface area contributed by atoms with Crippen LogP contribution < -0.4 is 20.1 Å². The molecule has 45 heavy (non-hydrogen) atoms. The summed E-state index contributed by atoms with van der Waals surface area (Å²) in [5.41, 5.74) is -0.649. The quantitative estimate of drug-likeness (QED) is 0.293.